The zero-order chi connectivity index (χ0) is 38.7. The van der Waals surface area contributed by atoms with Crippen molar-refractivity contribution in [1.29, 1.82) is 0 Å². The van der Waals surface area contributed by atoms with Gasteiger partial charge >= 0.3 is 12.5 Å². The Balaban J connectivity index is 1.60. The third-order valence-electron chi connectivity index (χ3n) is 8.79. The predicted octanol–water partition coefficient (Wildman–Crippen LogP) is 8.57. The molecule has 1 aromatic heterocycles. The van der Waals surface area contributed by atoms with Gasteiger partial charge in [0.1, 0.15) is 27.7 Å². The lowest BCUT2D eigenvalue weighted by Gasteiger charge is -2.38. The lowest BCUT2D eigenvalue weighted by Crippen LogP contribution is -2.53. The highest BCUT2D eigenvalue weighted by atomic mass is 32.2. The Bertz CT molecular complexity index is 2060. The Hall–Kier alpha value is -5.18. The van der Waals surface area contributed by atoms with Crippen LogP contribution in [-0.4, -0.2) is 42.0 Å². The van der Waals surface area contributed by atoms with Gasteiger partial charge in [0.15, 0.2) is 11.4 Å². The molecule has 7 nitrogen and oxygen atoms in total. The van der Waals surface area contributed by atoms with Crippen molar-refractivity contribution in [2.24, 2.45) is 0 Å². The molecule has 1 unspecified atom stereocenters. The van der Waals surface area contributed by atoms with Gasteiger partial charge in [-0.2, -0.15) is 17.6 Å². The topological polar surface area (TPSA) is 87.9 Å². The Kier molecular flexibility index (Phi) is 10.9. The van der Waals surface area contributed by atoms with E-state index in [1.165, 1.54) is 16.9 Å². The number of nitrogens with one attached hydrogen (secondary N) is 1. The molecule has 5 aromatic carbocycles. The summed E-state index contributed by atoms with van der Waals surface area (Å²) >= 11 is -1.98. The number of benzene rings is 5. The summed E-state index contributed by atoms with van der Waals surface area (Å²) in [6, 6.07) is 35.7. The van der Waals surface area contributed by atoms with E-state index in [1.54, 1.807) is 20.8 Å². The second kappa shape index (κ2) is 15.3. The first-order chi connectivity index (χ1) is 25.6. The summed E-state index contributed by atoms with van der Waals surface area (Å²) in [7, 11) is 0. The van der Waals surface area contributed by atoms with Gasteiger partial charge in [-0.1, -0.05) is 103 Å². The quantitative estimate of drug-likeness (QED) is 0.0721. The molecule has 1 N–H and O–H groups in total. The second-order valence-corrected chi connectivity index (χ2v) is 15.5. The fraction of sp³-hybridized carbons (Fsp3) is 0.225. The maximum Gasteiger partial charge on any atom is 0.461 e. The van der Waals surface area contributed by atoms with Crippen LogP contribution in [0.2, 0.25) is 0 Å². The lowest BCUT2D eigenvalue weighted by molar-refractivity contribution is -0.253. The van der Waals surface area contributed by atoms with Gasteiger partial charge in [0.25, 0.3) is 0 Å². The fourth-order valence-electron chi connectivity index (χ4n) is 6.22. The number of rotatable bonds is 13. The van der Waals surface area contributed by atoms with Gasteiger partial charge < -0.3 is 9.29 Å². The van der Waals surface area contributed by atoms with Crippen molar-refractivity contribution in [2.75, 3.05) is 0 Å². The van der Waals surface area contributed by atoms with Crippen LogP contribution in [0.25, 0.3) is 0 Å². The Labute approximate surface area is 311 Å². The number of hydrogen-bond donors (Lipinski definition) is 1. The van der Waals surface area contributed by atoms with E-state index < -0.39 is 57.1 Å². The number of halogens is 6. The fourth-order valence-corrected chi connectivity index (χ4v) is 7.15. The zero-order valence-corrected chi connectivity index (χ0v) is 30.1. The summed E-state index contributed by atoms with van der Waals surface area (Å²) in [6.07, 6.45) is -9.57. The third kappa shape index (κ3) is 7.72. The summed E-state index contributed by atoms with van der Waals surface area (Å²) in [5.41, 5.74) is -0.746. The minimum Gasteiger partial charge on any atom is -0.598 e. The van der Waals surface area contributed by atoms with Crippen molar-refractivity contribution >= 4 is 11.4 Å². The van der Waals surface area contributed by atoms with Crippen molar-refractivity contribution in [2.45, 2.75) is 55.6 Å². The second-order valence-electron chi connectivity index (χ2n) is 13.5. The highest BCUT2D eigenvalue weighted by Crippen LogP contribution is 2.42. The normalized spacial score (nSPS) is 14.1. The maximum atomic E-state index is 15.4. The molecule has 0 saturated heterocycles. The largest absolute Gasteiger partial charge is 0.598 e. The molecule has 1 heterocycles. The highest BCUT2D eigenvalue weighted by Gasteiger charge is 2.47. The average Bonchev–Trinajstić information content (AvgIpc) is 3.60. The maximum absolute atomic E-state index is 15.4. The van der Waals surface area contributed by atoms with E-state index >= 15 is 4.39 Å². The van der Waals surface area contributed by atoms with Crippen LogP contribution in [0.4, 0.5) is 26.3 Å². The van der Waals surface area contributed by atoms with Gasteiger partial charge in [-0.15, -0.1) is 19.7 Å². The molecular formula is C40H35F6N5O2S. The minimum atomic E-state index is -4.97. The molecule has 0 bridgehead atoms. The summed E-state index contributed by atoms with van der Waals surface area (Å²) < 4.78 is 105. The molecule has 6 aromatic rings. The number of tetrazole rings is 1. The van der Waals surface area contributed by atoms with Gasteiger partial charge in [0.2, 0.25) is 0 Å². The number of nitrogens with zero attached hydrogens (tertiary/aromatic N) is 4. The molecule has 280 valence electrons. The number of ether oxygens (including phenoxy) is 1. The van der Waals surface area contributed by atoms with Crippen LogP contribution in [0.15, 0.2) is 133 Å². The van der Waals surface area contributed by atoms with Gasteiger partial charge in [0, 0.05) is 23.8 Å². The van der Waals surface area contributed by atoms with E-state index in [-0.39, 0.29) is 23.4 Å². The van der Waals surface area contributed by atoms with Gasteiger partial charge in [0.05, 0.1) is 0 Å². The first kappa shape index (κ1) is 38.5. The van der Waals surface area contributed by atoms with Gasteiger partial charge in [-0.05, 0) is 78.1 Å². The molecule has 0 saturated carbocycles. The van der Waals surface area contributed by atoms with Crippen LogP contribution in [0.1, 0.15) is 54.4 Å². The molecular weight excluding hydrogens is 729 g/mol. The van der Waals surface area contributed by atoms with E-state index in [9.17, 15) is 26.5 Å². The van der Waals surface area contributed by atoms with E-state index in [0.29, 0.717) is 6.07 Å². The molecule has 0 aliphatic carbocycles. The van der Waals surface area contributed by atoms with Crippen LogP contribution in [0.3, 0.4) is 0 Å². The van der Waals surface area contributed by atoms with Crippen molar-refractivity contribution in [3.8, 4) is 5.75 Å². The highest BCUT2D eigenvalue weighted by molar-refractivity contribution is 7.90. The van der Waals surface area contributed by atoms with Crippen LogP contribution in [-0.2, 0) is 28.9 Å². The first-order valence-electron chi connectivity index (χ1n) is 16.7. The molecule has 0 fully saturated rings. The molecule has 6 rings (SSSR count). The predicted molar refractivity (Wildman–Crippen MR) is 192 cm³/mol. The van der Waals surface area contributed by atoms with Crippen LogP contribution < -0.4 is 9.46 Å². The van der Waals surface area contributed by atoms with E-state index in [2.05, 4.69) is 19.8 Å². The summed E-state index contributed by atoms with van der Waals surface area (Å²) in [5.74, 6) is -2.69. The van der Waals surface area contributed by atoms with Gasteiger partial charge in [-0.3, -0.25) is 0 Å². The van der Waals surface area contributed by atoms with Crippen LogP contribution >= 0.6 is 0 Å². The monoisotopic (exact) mass is 763 g/mol. The third-order valence-corrected chi connectivity index (χ3v) is 10.4. The minimum absolute atomic E-state index is 0.00884. The molecule has 2 atom stereocenters. The van der Waals surface area contributed by atoms with Crippen molar-refractivity contribution in [3.05, 3.63) is 179 Å². The molecule has 0 aliphatic rings. The number of aromatic nitrogens is 4. The average molecular weight is 764 g/mol. The molecule has 0 amide bonds. The standard InChI is InChI=1S/C40H35F6N5O2S/c1-37(2,3)54(52)49-38(27-19-21-32(41)22-20-27,31-23-33(42)25-34(24-31)53-40(45,46)36(43)44)26-35-47-50-51(48-35)39(28-13-7-4-8-14-28,29-15-9-5-10-16-29)30-17-11-6-12-18-30/h4-25,36,49H,26H2,1-3H3/t38-,54?/m1/s1. The zero-order valence-electron chi connectivity index (χ0n) is 29.3. The summed E-state index contributed by atoms with van der Waals surface area (Å²) in [4.78, 5) is 1.43. The SMILES string of the molecule is CC(C)(C)[S+]([O-])N[C@](Cc1nnn(C(c2ccccc2)(c2ccccc2)c2ccccc2)n1)(c1ccc(F)cc1)c1cc(F)cc(OC(F)(F)C(F)F)c1. The summed E-state index contributed by atoms with van der Waals surface area (Å²) in [6.45, 7) is 4.99. The van der Waals surface area contributed by atoms with Gasteiger partial charge in [-0.25, -0.2) is 8.78 Å². The van der Waals surface area contributed by atoms with E-state index in [4.69, 9.17) is 5.10 Å². The van der Waals surface area contributed by atoms with E-state index in [0.717, 1.165) is 41.0 Å². The van der Waals surface area contributed by atoms with Crippen molar-refractivity contribution < 1.29 is 35.6 Å². The number of hydrogen-bond acceptors (Lipinski definition) is 6. The Morgan fingerprint density at radius 1 is 0.704 bits per heavy atom. The Morgan fingerprint density at radius 3 is 1.70 bits per heavy atom. The lowest BCUT2D eigenvalue weighted by atomic mass is 9.77. The van der Waals surface area contributed by atoms with Crippen molar-refractivity contribution in [3.63, 3.8) is 0 Å². The smallest absolute Gasteiger partial charge is 0.461 e. The summed E-state index contributed by atoms with van der Waals surface area (Å²) in [5, 5.41) is 13.9. The van der Waals surface area contributed by atoms with Crippen molar-refractivity contribution in [1.82, 2.24) is 24.9 Å². The first-order valence-corrected chi connectivity index (χ1v) is 17.9. The molecule has 54 heavy (non-hydrogen) atoms. The molecule has 14 heteroatoms. The van der Waals surface area contributed by atoms with Crippen LogP contribution in [0, 0.1) is 11.6 Å². The molecule has 0 radical (unpaired) electrons. The van der Waals surface area contributed by atoms with E-state index in [1.807, 2.05) is 91.0 Å². The molecule has 0 spiro atoms. The van der Waals surface area contributed by atoms with Crippen LogP contribution in [0.5, 0.6) is 5.75 Å². The number of alkyl halides is 4. The Morgan fingerprint density at radius 2 is 1.22 bits per heavy atom. The molecule has 0 aliphatic heterocycles.